The van der Waals surface area contributed by atoms with Crippen molar-refractivity contribution in [3.8, 4) is 5.69 Å². The third kappa shape index (κ3) is 5.59. The first kappa shape index (κ1) is 25.7. The van der Waals surface area contributed by atoms with Gasteiger partial charge in [0, 0.05) is 79.5 Å². The van der Waals surface area contributed by atoms with Crippen molar-refractivity contribution in [1.29, 1.82) is 0 Å². The number of morpholine rings is 1. The van der Waals surface area contributed by atoms with Crippen LogP contribution in [0.15, 0.2) is 54.9 Å². The molecule has 0 aliphatic carbocycles. The van der Waals surface area contributed by atoms with Gasteiger partial charge < -0.3 is 24.8 Å². The Morgan fingerprint density at radius 2 is 1.67 bits per heavy atom. The van der Waals surface area contributed by atoms with Gasteiger partial charge in [0.05, 0.1) is 18.9 Å². The number of piperazine rings is 1. The van der Waals surface area contributed by atoms with E-state index in [0.717, 1.165) is 24.2 Å². The largest absolute Gasteiger partial charge is 0.379 e. The lowest BCUT2D eigenvalue weighted by Gasteiger charge is -2.37. The van der Waals surface area contributed by atoms with Gasteiger partial charge in [0.2, 0.25) is 5.95 Å². The molecule has 8 nitrogen and oxygen atoms in total. The summed E-state index contributed by atoms with van der Waals surface area (Å²) in [7, 11) is 0. The van der Waals surface area contributed by atoms with Gasteiger partial charge in [0.1, 0.15) is 17.3 Å². The topological polar surface area (TPSA) is 70.5 Å². The molecule has 0 bridgehead atoms. The highest BCUT2D eigenvalue weighted by Gasteiger charge is 2.21. The minimum Gasteiger partial charge on any atom is -0.379 e. The minimum absolute atomic E-state index is 0.0715. The van der Waals surface area contributed by atoms with Crippen molar-refractivity contribution < 1.29 is 13.5 Å². The van der Waals surface area contributed by atoms with Crippen LogP contribution < -0.4 is 15.5 Å². The number of benzene rings is 2. The molecule has 2 aromatic carbocycles. The summed E-state index contributed by atoms with van der Waals surface area (Å²) in [6.07, 6.45) is 3.46. The SMILES string of the molecule is C[C@@H]1CN(c2ccc(Nc3ncc4ccn(-c5cc(F)c(CN6CCOCC6)c(F)c5)c4n3)cc2)C[C@H](C)N1. The summed E-state index contributed by atoms with van der Waals surface area (Å²) < 4.78 is 37.2. The quantitative estimate of drug-likeness (QED) is 0.379. The summed E-state index contributed by atoms with van der Waals surface area (Å²) in [4.78, 5) is 13.5. The van der Waals surface area contributed by atoms with E-state index >= 15 is 8.78 Å². The molecule has 10 heteroatoms. The Kier molecular flexibility index (Phi) is 7.16. The maximum atomic E-state index is 15.1. The molecule has 6 rings (SSSR count). The van der Waals surface area contributed by atoms with E-state index in [4.69, 9.17) is 4.74 Å². The third-order valence-electron chi connectivity index (χ3n) is 7.36. The molecule has 0 unspecified atom stereocenters. The number of nitrogens with zero attached hydrogens (tertiary/aromatic N) is 5. The zero-order valence-electron chi connectivity index (χ0n) is 22.2. The first-order chi connectivity index (χ1) is 18.9. The summed E-state index contributed by atoms with van der Waals surface area (Å²) in [6.45, 7) is 9.01. The van der Waals surface area contributed by atoms with Crippen LogP contribution in [-0.2, 0) is 11.3 Å². The Bertz CT molecular complexity index is 1420. The van der Waals surface area contributed by atoms with Gasteiger partial charge in [-0.3, -0.25) is 4.90 Å². The molecule has 2 saturated heterocycles. The van der Waals surface area contributed by atoms with E-state index in [0.29, 0.717) is 55.7 Å². The van der Waals surface area contributed by atoms with Crippen LogP contribution in [0.2, 0.25) is 0 Å². The van der Waals surface area contributed by atoms with Crippen LogP contribution in [-0.4, -0.2) is 70.9 Å². The zero-order valence-corrected chi connectivity index (χ0v) is 22.2. The second kappa shape index (κ2) is 10.9. The molecule has 2 fully saturated rings. The van der Waals surface area contributed by atoms with Gasteiger partial charge in [-0.25, -0.2) is 13.8 Å². The van der Waals surface area contributed by atoms with Crippen molar-refractivity contribution in [2.45, 2.75) is 32.5 Å². The Morgan fingerprint density at radius 3 is 2.36 bits per heavy atom. The van der Waals surface area contributed by atoms with E-state index in [1.165, 1.54) is 17.8 Å². The number of halogens is 2. The zero-order chi connectivity index (χ0) is 26.9. The highest BCUT2D eigenvalue weighted by atomic mass is 19.1. The summed E-state index contributed by atoms with van der Waals surface area (Å²) in [5.41, 5.74) is 3.04. The molecular weight excluding hydrogens is 500 g/mol. The minimum atomic E-state index is -0.570. The summed E-state index contributed by atoms with van der Waals surface area (Å²) in [6, 6.07) is 13.6. The second-order valence-electron chi connectivity index (χ2n) is 10.5. The standard InChI is InChI=1S/C29H33F2N7O/c1-19-16-37(17-20(2)33-19)23-5-3-22(4-6-23)34-29-32-15-21-7-8-38(28(21)35-29)24-13-26(30)25(27(31)14-24)18-36-9-11-39-12-10-36/h3-8,13-15,19-20,33H,9-12,16-18H2,1-2H3,(H,32,34,35)/t19-,20+. The summed E-state index contributed by atoms with van der Waals surface area (Å²) in [5, 5.41) is 7.59. The van der Waals surface area contributed by atoms with Gasteiger partial charge in [0.25, 0.3) is 0 Å². The average Bonchev–Trinajstić information content (AvgIpc) is 3.34. The predicted octanol–water partition coefficient (Wildman–Crippen LogP) is 4.46. The number of hydrogen-bond acceptors (Lipinski definition) is 7. The Labute approximate surface area is 226 Å². The fourth-order valence-corrected chi connectivity index (χ4v) is 5.47. The van der Waals surface area contributed by atoms with Crippen molar-refractivity contribution >= 4 is 28.4 Å². The van der Waals surface area contributed by atoms with Gasteiger partial charge in [-0.2, -0.15) is 4.98 Å². The average molecular weight is 534 g/mol. The van der Waals surface area contributed by atoms with Gasteiger partial charge in [0.15, 0.2) is 0 Å². The van der Waals surface area contributed by atoms with Gasteiger partial charge >= 0.3 is 0 Å². The molecule has 2 atom stereocenters. The van der Waals surface area contributed by atoms with E-state index in [-0.39, 0.29) is 12.1 Å². The van der Waals surface area contributed by atoms with E-state index in [1.807, 2.05) is 23.1 Å². The molecule has 0 spiro atoms. The summed E-state index contributed by atoms with van der Waals surface area (Å²) in [5.74, 6) is -0.734. The van der Waals surface area contributed by atoms with Crippen LogP contribution in [0.25, 0.3) is 16.7 Å². The smallest absolute Gasteiger partial charge is 0.229 e. The van der Waals surface area contributed by atoms with E-state index in [1.54, 1.807) is 17.0 Å². The van der Waals surface area contributed by atoms with Crippen LogP contribution in [0.5, 0.6) is 0 Å². The summed E-state index contributed by atoms with van der Waals surface area (Å²) >= 11 is 0. The highest BCUT2D eigenvalue weighted by Crippen LogP contribution is 2.26. The first-order valence-corrected chi connectivity index (χ1v) is 13.4. The van der Waals surface area contributed by atoms with E-state index in [2.05, 4.69) is 51.5 Å². The maximum Gasteiger partial charge on any atom is 0.229 e. The molecule has 0 radical (unpaired) electrons. The number of rotatable bonds is 6. The second-order valence-corrected chi connectivity index (χ2v) is 10.5. The molecule has 0 saturated carbocycles. The molecule has 0 amide bonds. The Balaban J connectivity index is 1.21. The van der Waals surface area contributed by atoms with E-state index < -0.39 is 11.6 Å². The Hall–Kier alpha value is -3.60. The lowest BCUT2D eigenvalue weighted by molar-refractivity contribution is 0.0332. The number of nitrogens with one attached hydrogen (secondary N) is 2. The molecule has 39 heavy (non-hydrogen) atoms. The number of hydrogen-bond donors (Lipinski definition) is 2. The van der Waals surface area contributed by atoms with Crippen LogP contribution in [0, 0.1) is 11.6 Å². The van der Waals surface area contributed by atoms with Crippen molar-refractivity contribution in [3.05, 3.63) is 72.1 Å². The molecule has 2 aromatic heterocycles. The molecular formula is C29H33F2N7O. The lowest BCUT2D eigenvalue weighted by atomic mass is 10.1. The molecule has 4 heterocycles. The molecule has 2 aliphatic heterocycles. The van der Waals surface area contributed by atoms with Crippen LogP contribution >= 0.6 is 0 Å². The van der Waals surface area contributed by atoms with Crippen molar-refractivity contribution in [3.63, 3.8) is 0 Å². The van der Waals surface area contributed by atoms with Crippen molar-refractivity contribution in [1.82, 2.24) is 24.8 Å². The number of aromatic nitrogens is 3. The molecule has 2 aliphatic rings. The molecule has 4 aromatic rings. The number of fused-ring (bicyclic) bond motifs is 1. The van der Waals surface area contributed by atoms with Crippen LogP contribution in [0.4, 0.5) is 26.1 Å². The van der Waals surface area contributed by atoms with Gasteiger partial charge in [-0.05, 0) is 56.3 Å². The van der Waals surface area contributed by atoms with Gasteiger partial charge in [-0.15, -0.1) is 0 Å². The highest BCUT2D eigenvalue weighted by molar-refractivity contribution is 5.79. The fraction of sp³-hybridized carbons (Fsp3) is 0.379. The van der Waals surface area contributed by atoms with E-state index in [9.17, 15) is 0 Å². The lowest BCUT2D eigenvalue weighted by Crippen LogP contribution is -2.54. The number of anilines is 3. The molecule has 204 valence electrons. The van der Waals surface area contributed by atoms with Crippen molar-refractivity contribution in [2.75, 3.05) is 49.6 Å². The van der Waals surface area contributed by atoms with Crippen LogP contribution in [0.3, 0.4) is 0 Å². The van der Waals surface area contributed by atoms with Crippen LogP contribution in [0.1, 0.15) is 19.4 Å². The Morgan fingerprint density at radius 1 is 0.974 bits per heavy atom. The molecule has 2 N–H and O–H groups in total. The fourth-order valence-electron chi connectivity index (χ4n) is 5.47. The van der Waals surface area contributed by atoms with Gasteiger partial charge in [-0.1, -0.05) is 0 Å². The number of ether oxygens (including phenoxy) is 1. The monoisotopic (exact) mass is 533 g/mol. The first-order valence-electron chi connectivity index (χ1n) is 13.4. The maximum absolute atomic E-state index is 15.1. The predicted molar refractivity (Wildman–Crippen MR) is 149 cm³/mol. The van der Waals surface area contributed by atoms with Crippen molar-refractivity contribution in [2.24, 2.45) is 0 Å². The third-order valence-corrected chi connectivity index (χ3v) is 7.36. The normalized spacial score (nSPS) is 20.5.